The minimum atomic E-state index is 0.211. The molecule has 1 aliphatic rings. The highest BCUT2D eigenvalue weighted by Gasteiger charge is 2.27. The smallest absolute Gasteiger partial charge is 0.228 e. The van der Waals surface area contributed by atoms with Gasteiger partial charge in [0.15, 0.2) is 0 Å². The maximum absolute atomic E-state index is 4.77. The molecule has 3 aromatic heterocycles. The number of hydrogen-bond donors (Lipinski definition) is 1. The van der Waals surface area contributed by atoms with Gasteiger partial charge < -0.3 is 5.32 Å². The number of likely N-dealkylation sites (tertiary alicyclic amines) is 1. The highest BCUT2D eigenvalue weighted by molar-refractivity contribution is 7.07. The molecule has 0 radical (unpaired) electrons. The average Bonchev–Trinajstić information content (AvgIpc) is 3.16. The Morgan fingerprint density at radius 1 is 1.19 bits per heavy atom. The lowest BCUT2D eigenvalue weighted by Crippen LogP contribution is -2.34. The Kier molecular flexibility index (Phi) is 5.12. The summed E-state index contributed by atoms with van der Waals surface area (Å²) in [6, 6.07) is 3.93. The molecule has 134 valence electrons. The fourth-order valence-electron chi connectivity index (χ4n) is 3.28. The van der Waals surface area contributed by atoms with Crippen LogP contribution in [0.15, 0.2) is 35.4 Å². The van der Waals surface area contributed by atoms with Crippen molar-refractivity contribution in [3.63, 3.8) is 0 Å². The minimum absolute atomic E-state index is 0.211. The second kappa shape index (κ2) is 7.84. The fourth-order valence-corrected chi connectivity index (χ4v) is 3.83. The number of nitrogens with one attached hydrogen (secondary N) is 1. The van der Waals surface area contributed by atoms with E-state index in [0.717, 1.165) is 42.5 Å². The second-order valence-corrected chi connectivity index (χ2v) is 7.13. The Hall–Kier alpha value is -2.45. The highest BCUT2D eigenvalue weighted by Crippen LogP contribution is 2.31. The van der Waals surface area contributed by atoms with Gasteiger partial charge in [0, 0.05) is 36.1 Å². The molecule has 0 bridgehead atoms. The van der Waals surface area contributed by atoms with Crippen LogP contribution in [0.5, 0.6) is 0 Å². The van der Waals surface area contributed by atoms with Gasteiger partial charge in [0.2, 0.25) is 5.95 Å². The third kappa shape index (κ3) is 4.03. The molecule has 1 fully saturated rings. The van der Waals surface area contributed by atoms with Gasteiger partial charge in [-0.1, -0.05) is 6.42 Å². The zero-order valence-corrected chi connectivity index (χ0v) is 15.5. The maximum Gasteiger partial charge on any atom is 0.228 e. The third-order valence-electron chi connectivity index (χ3n) is 4.44. The average molecular weight is 367 g/mol. The first-order valence-electron chi connectivity index (χ1n) is 8.79. The monoisotopic (exact) mass is 367 g/mol. The van der Waals surface area contributed by atoms with Gasteiger partial charge in [0.1, 0.15) is 11.6 Å². The zero-order valence-electron chi connectivity index (χ0n) is 14.7. The van der Waals surface area contributed by atoms with Crippen molar-refractivity contribution < 1.29 is 0 Å². The summed E-state index contributed by atoms with van der Waals surface area (Å²) in [6.07, 6.45) is 6.88. The summed E-state index contributed by atoms with van der Waals surface area (Å²) in [5, 5.41) is 5.30. The molecule has 0 aliphatic carbocycles. The molecule has 7 nitrogen and oxygen atoms in total. The number of nitrogens with zero attached hydrogens (tertiary/aromatic N) is 6. The second-order valence-electron chi connectivity index (χ2n) is 6.41. The van der Waals surface area contributed by atoms with Crippen LogP contribution >= 0.6 is 11.3 Å². The van der Waals surface area contributed by atoms with E-state index in [9.17, 15) is 0 Å². The molecule has 8 heteroatoms. The molecule has 1 aliphatic heterocycles. The standard InChI is InChI=1S/C18H21N7S/c1-13-9-16(24-18-19-6-4-7-20-18)23-17(22-13)15-5-2-3-8-25(15)10-14-11-26-12-21-14/h4,6-7,9,11-12,15H,2-3,5,8,10H2,1H3,(H,19,20,22,23,24)/t15-/m1/s1. The van der Waals surface area contributed by atoms with Crippen LogP contribution in [0.25, 0.3) is 0 Å². The normalized spacial score (nSPS) is 18.0. The van der Waals surface area contributed by atoms with Gasteiger partial charge in [-0.05, 0) is 32.4 Å². The van der Waals surface area contributed by atoms with E-state index in [4.69, 9.17) is 9.97 Å². The van der Waals surface area contributed by atoms with E-state index < -0.39 is 0 Å². The first-order valence-corrected chi connectivity index (χ1v) is 9.73. The summed E-state index contributed by atoms with van der Waals surface area (Å²) in [5.74, 6) is 2.13. The van der Waals surface area contributed by atoms with Crippen molar-refractivity contribution >= 4 is 23.1 Å². The third-order valence-corrected chi connectivity index (χ3v) is 5.07. The Labute approximate surface area is 156 Å². The van der Waals surface area contributed by atoms with E-state index in [0.29, 0.717) is 5.95 Å². The van der Waals surface area contributed by atoms with E-state index >= 15 is 0 Å². The van der Waals surface area contributed by atoms with Crippen LogP contribution in [0.3, 0.4) is 0 Å². The summed E-state index contributed by atoms with van der Waals surface area (Å²) < 4.78 is 0. The highest BCUT2D eigenvalue weighted by atomic mass is 32.1. The summed E-state index contributed by atoms with van der Waals surface area (Å²) in [7, 11) is 0. The molecule has 26 heavy (non-hydrogen) atoms. The summed E-state index contributed by atoms with van der Waals surface area (Å²) >= 11 is 1.64. The lowest BCUT2D eigenvalue weighted by molar-refractivity contribution is 0.132. The van der Waals surface area contributed by atoms with Crippen molar-refractivity contribution in [2.75, 3.05) is 11.9 Å². The molecule has 0 saturated carbocycles. The Balaban J connectivity index is 1.58. The van der Waals surface area contributed by atoms with Crippen molar-refractivity contribution in [1.29, 1.82) is 0 Å². The summed E-state index contributed by atoms with van der Waals surface area (Å²) in [4.78, 5) is 24.8. The van der Waals surface area contributed by atoms with Crippen LogP contribution in [-0.2, 0) is 6.54 Å². The summed E-state index contributed by atoms with van der Waals surface area (Å²) in [5.41, 5.74) is 3.94. The largest absolute Gasteiger partial charge is 0.309 e. The number of anilines is 2. The molecule has 0 amide bonds. The molecule has 0 aromatic carbocycles. The summed E-state index contributed by atoms with van der Waals surface area (Å²) in [6.45, 7) is 3.88. The van der Waals surface area contributed by atoms with Crippen molar-refractivity contribution in [2.24, 2.45) is 0 Å². The molecule has 0 spiro atoms. The number of piperidine rings is 1. The van der Waals surface area contributed by atoms with Crippen LogP contribution in [0.2, 0.25) is 0 Å². The van der Waals surface area contributed by atoms with Gasteiger partial charge in [-0.3, -0.25) is 4.90 Å². The number of thiazole rings is 1. The van der Waals surface area contributed by atoms with E-state index in [-0.39, 0.29) is 6.04 Å². The zero-order chi connectivity index (χ0) is 17.8. The predicted octanol–water partition coefficient (Wildman–Crippen LogP) is 3.50. The Morgan fingerprint density at radius 2 is 2.08 bits per heavy atom. The van der Waals surface area contributed by atoms with E-state index in [1.54, 1.807) is 29.8 Å². The Morgan fingerprint density at radius 3 is 2.88 bits per heavy atom. The van der Waals surface area contributed by atoms with Crippen LogP contribution in [-0.4, -0.2) is 36.4 Å². The van der Waals surface area contributed by atoms with Crippen molar-refractivity contribution in [1.82, 2.24) is 29.8 Å². The molecule has 1 N–H and O–H groups in total. The Bertz CT molecular complexity index is 838. The first kappa shape index (κ1) is 17.0. The fraction of sp³-hybridized carbons (Fsp3) is 0.389. The van der Waals surface area contributed by atoms with Crippen LogP contribution in [0, 0.1) is 6.92 Å². The number of aryl methyl sites for hydroxylation is 1. The van der Waals surface area contributed by atoms with Gasteiger partial charge in [-0.2, -0.15) is 0 Å². The number of aromatic nitrogens is 5. The number of hydrogen-bond acceptors (Lipinski definition) is 8. The molecule has 1 atom stereocenters. The van der Waals surface area contributed by atoms with Crippen molar-refractivity contribution in [3.8, 4) is 0 Å². The van der Waals surface area contributed by atoms with Crippen LogP contribution in [0.4, 0.5) is 11.8 Å². The van der Waals surface area contributed by atoms with Crippen LogP contribution < -0.4 is 5.32 Å². The lowest BCUT2D eigenvalue weighted by Gasteiger charge is -2.34. The topological polar surface area (TPSA) is 79.7 Å². The SMILES string of the molecule is Cc1cc(Nc2ncccn2)nc([C@H]2CCCCN2Cc2cscn2)n1. The predicted molar refractivity (Wildman–Crippen MR) is 101 cm³/mol. The molecule has 4 heterocycles. The van der Waals surface area contributed by atoms with Crippen molar-refractivity contribution in [2.45, 2.75) is 38.8 Å². The molecule has 4 rings (SSSR count). The molecular weight excluding hydrogens is 346 g/mol. The van der Waals surface area contributed by atoms with Gasteiger partial charge in [-0.15, -0.1) is 11.3 Å². The quantitative estimate of drug-likeness (QED) is 0.739. The number of rotatable bonds is 5. The maximum atomic E-state index is 4.77. The van der Waals surface area contributed by atoms with Crippen LogP contribution in [0.1, 0.15) is 42.5 Å². The molecular formula is C18H21N7S. The van der Waals surface area contributed by atoms with E-state index in [2.05, 4.69) is 30.5 Å². The van der Waals surface area contributed by atoms with Gasteiger partial charge in [-0.25, -0.2) is 24.9 Å². The van der Waals surface area contributed by atoms with Crippen molar-refractivity contribution in [3.05, 3.63) is 52.6 Å². The van der Waals surface area contributed by atoms with E-state index in [1.807, 2.05) is 18.5 Å². The van der Waals surface area contributed by atoms with E-state index in [1.165, 1.54) is 12.8 Å². The van der Waals surface area contributed by atoms with Gasteiger partial charge in [0.25, 0.3) is 0 Å². The minimum Gasteiger partial charge on any atom is -0.309 e. The molecule has 1 saturated heterocycles. The molecule has 0 unspecified atom stereocenters. The lowest BCUT2D eigenvalue weighted by atomic mass is 10.0. The van der Waals surface area contributed by atoms with Gasteiger partial charge in [0.05, 0.1) is 17.2 Å². The van der Waals surface area contributed by atoms with Gasteiger partial charge >= 0.3 is 0 Å². The first-order chi connectivity index (χ1) is 12.8. The molecule has 3 aromatic rings.